The van der Waals surface area contributed by atoms with Crippen molar-refractivity contribution in [1.82, 2.24) is 20.0 Å². The van der Waals surface area contributed by atoms with Crippen LogP contribution in [0.2, 0.25) is 0 Å². The Labute approximate surface area is 237 Å². The Morgan fingerprint density at radius 1 is 1.07 bits per heavy atom. The van der Waals surface area contributed by atoms with Crippen LogP contribution in [-0.4, -0.2) is 59.4 Å². The van der Waals surface area contributed by atoms with E-state index in [0.717, 1.165) is 40.5 Å². The van der Waals surface area contributed by atoms with Crippen LogP contribution < -0.4 is 20.1 Å². The number of aromatic nitrogens is 3. The predicted molar refractivity (Wildman–Crippen MR) is 156 cm³/mol. The standard InChI is InChI=1S/C29H34N6O4S/c1-29(2,3)25-17-26(34-39-25)33-28(36)32-19-8-7-9-20(14-19)40-27-21-15-23(37-4)24(16-22(21)30-18-31-27)38-13-12-35-10-5-6-11-35/h7-9,14-18H,5-6,10-13H2,1-4H3,(H2,32,33,34,36). The first-order chi connectivity index (χ1) is 19.3. The van der Waals surface area contributed by atoms with Gasteiger partial charge in [0.25, 0.3) is 0 Å². The number of carbonyl (C=O) groups is 1. The molecule has 0 spiro atoms. The molecule has 0 aliphatic carbocycles. The molecule has 40 heavy (non-hydrogen) atoms. The predicted octanol–water partition coefficient (Wildman–Crippen LogP) is 6.19. The van der Waals surface area contributed by atoms with E-state index in [9.17, 15) is 4.79 Å². The van der Waals surface area contributed by atoms with Crippen molar-refractivity contribution >= 4 is 40.2 Å². The van der Waals surface area contributed by atoms with Gasteiger partial charge in [-0.1, -0.05) is 43.8 Å². The SMILES string of the molecule is COc1cc2c(Sc3cccc(NC(=O)Nc4cc(C(C)(C)C)on4)c3)ncnc2cc1OCCN1CCCC1. The number of likely N-dealkylation sites (tertiary alicyclic amines) is 1. The smallest absolute Gasteiger partial charge is 0.324 e. The zero-order chi connectivity index (χ0) is 28.1. The average Bonchev–Trinajstić information content (AvgIpc) is 3.61. The number of ether oxygens (including phenoxy) is 2. The minimum Gasteiger partial charge on any atom is -0.493 e. The minimum atomic E-state index is -0.412. The summed E-state index contributed by atoms with van der Waals surface area (Å²) in [5.41, 5.74) is 1.20. The number of nitrogens with one attached hydrogen (secondary N) is 2. The van der Waals surface area contributed by atoms with Crippen LogP contribution in [0, 0.1) is 0 Å². The molecule has 1 aliphatic heterocycles. The summed E-state index contributed by atoms with van der Waals surface area (Å²) in [4.78, 5) is 24.9. The van der Waals surface area contributed by atoms with Crippen molar-refractivity contribution in [2.24, 2.45) is 0 Å². The van der Waals surface area contributed by atoms with Crippen LogP contribution in [0.15, 0.2) is 63.2 Å². The van der Waals surface area contributed by atoms with Crippen molar-refractivity contribution in [2.45, 2.75) is 48.9 Å². The van der Waals surface area contributed by atoms with Crippen LogP contribution in [0.4, 0.5) is 16.3 Å². The van der Waals surface area contributed by atoms with Gasteiger partial charge in [-0.15, -0.1) is 0 Å². The molecule has 10 nitrogen and oxygen atoms in total. The molecule has 2 aromatic heterocycles. The lowest BCUT2D eigenvalue weighted by molar-refractivity contribution is 0.230. The Morgan fingerprint density at radius 2 is 1.90 bits per heavy atom. The summed E-state index contributed by atoms with van der Waals surface area (Å²) in [6.07, 6.45) is 4.05. The van der Waals surface area contributed by atoms with Crippen LogP contribution in [0.25, 0.3) is 10.9 Å². The fourth-order valence-electron chi connectivity index (χ4n) is 4.40. The lowest BCUT2D eigenvalue weighted by atomic mass is 9.93. The van der Waals surface area contributed by atoms with Gasteiger partial charge in [0.05, 0.1) is 12.6 Å². The number of hydrogen-bond donors (Lipinski definition) is 2. The van der Waals surface area contributed by atoms with Crippen molar-refractivity contribution < 1.29 is 18.8 Å². The Kier molecular flexibility index (Phi) is 8.41. The molecule has 1 saturated heterocycles. The van der Waals surface area contributed by atoms with Crippen LogP contribution in [0.5, 0.6) is 11.5 Å². The molecule has 4 aromatic rings. The number of anilines is 2. The second-order valence-corrected chi connectivity index (χ2v) is 11.7. The molecule has 0 bridgehead atoms. The molecular weight excluding hydrogens is 528 g/mol. The van der Waals surface area contributed by atoms with Gasteiger partial charge in [0.2, 0.25) is 0 Å². The van der Waals surface area contributed by atoms with Crippen molar-refractivity contribution in [1.29, 1.82) is 0 Å². The molecule has 0 radical (unpaired) electrons. The maximum Gasteiger partial charge on any atom is 0.324 e. The highest BCUT2D eigenvalue weighted by Gasteiger charge is 2.20. The van der Waals surface area contributed by atoms with E-state index in [1.165, 1.54) is 24.6 Å². The van der Waals surface area contributed by atoms with E-state index in [1.54, 1.807) is 19.5 Å². The summed E-state index contributed by atoms with van der Waals surface area (Å²) >= 11 is 1.47. The van der Waals surface area contributed by atoms with Crippen molar-refractivity contribution in [3.8, 4) is 11.5 Å². The first-order valence-electron chi connectivity index (χ1n) is 13.3. The second kappa shape index (κ2) is 12.1. The van der Waals surface area contributed by atoms with Gasteiger partial charge in [0.1, 0.15) is 23.7 Å². The molecule has 0 saturated carbocycles. The summed E-state index contributed by atoms with van der Waals surface area (Å²) < 4.78 is 17.1. The number of hydrogen-bond acceptors (Lipinski definition) is 9. The summed E-state index contributed by atoms with van der Waals surface area (Å²) in [6.45, 7) is 9.80. The van der Waals surface area contributed by atoms with Crippen LogP contribution in [0.1, 0.15) is 39.4 Å². The topological polar surface area (TPSA) is 115 Å². The van der Waals surface area contributed by atoms with Crippen LogP contribution in [0.3, 0.4) is 0 Å². The number of urea groups is 1. The Morgan fingerprint density at radius 3 is 2.65 bits per heavy atom. The molecule has 2 aromatic carbocycles. The number of nitrogens with zero attached hydrogens (tertiary/aromatic N) is 4. The zero-order valence-electron chi connectivity index (χ0n) is 23.2. The second-order valence-electron chi connectivity index (χ2n) is 10.6. The lowest BCUT2D eigenvalue weighted by Gasteiger charge is -2.17. The van der Waals surface area contributed by atoms with Crippen LogP contribution >= 0.6 is 11.8 Å². The summed E-state index contributed by atoms with van der Waals surface area (Å²) in [5, 5.41) is 11.1. The third kappa shape index (κ3) is 6.83. The lowest BCUT2D eigenvalue weighted by Crippen LogP contribution is -2.25. The molecule has 11 heteroatoms. The van der Waals surface area contributed by atoms with Crippen LogP contribution in [-0.2, 0) is 5.41 Å². The third-order valence-corrected chi connectivity index (χ3v) is 7.55. The molecule has 2 amide bonds. The van der Waals surface area contributed by atoms with Gasteiger partial charge < -0.3 is 19.3 Å². The van der Waals surface area contributed by atoms with Gasteiger partial charge in [-0.3, -0.25) is 10.2 Å². The first kappa shape index (κ1) is 27.7. The van der Waals surface area contributed by atoms with E-state index in [4.69, 9.17) is 14.0 Å². The molecule has 210 valence electrons. The number of rotatable bonds is 9. The Bertz CT molecular complexity index is 1480. The summed E-state index contributed by atoms with van der Waals surface area (Å²) in [6, 6.07) is 12.7. The average molecular weight is 563 g/mol. The van der Waals surface area contributed by atoms with Crippen molar-refractivity contribution in [3.05, 3.63) is 54.6 Å². The minimum absolute atomic E-state index is 0.202. The van der Waals surface area contributed by atoms with E-state index in [1.807, 2.05) is 57.2 Å². The summed E-state index contributed by atoms with van der Waals surface area (Å²) in [5.74, 6) is 2.35. The van der Waals surface area contributed by atoms with E-state index in [0.29, 0.717) is 35.4 Å². The fourth-order valence-corrected chi connectivity index (χ4v) is 5.33. The first-order valence-corrected chi connectivity index (χ1v) is 14.1. The third-order valence-electron chi connectivity index (χ3n) is 6.55. The molecule has 1 fully saturated rings. The molecule has 3 heterocycles. The summed E-state index contributed by atoms with van der Waals surface area (Å²) in [7, 11) is 1.63. The van der Waals surface area contributed by atoms with Gasteiger partial charge >= 0.3 is 6.03 Å². The molecule has 5 rings (SSSR count). The molecular formula is C29H34N6O4S. The highest BCUT2D eigenvalue weighted by Crippen LogP contribution is 2.38. The molecule has 1 aliphatic rings. The fraction of sp³-hybridized carbons (Fsp3) is 0.379. The number of methoxy groups -OCH3 is 1. The highest BCUT2D eigenvalue weighted by atomic mass is 32.2. The molecule has 0 atom stereocenters. The van der Waals surface area contributed by atoms with Gasteiger partial charge in [-0.05, 0) is 50.2 Å². The zero-order valence-corrected chi connectivity index (χ0v) is 24.0. The quantitative estimate of drug-likeness (QED) is 0.230. The van der Waals surface area contributed by atoms with Gasteiger partial charge in [-0.25, -0.2) is 14.8 Å². The van der Waals surface area contributed by atoms with Gasteiger partial charge in [0.15, 0.2) is 17.3 Å². The van der Waals surface area contributed by atoms with E-state index in [-0.39, 0.29) is 5.41 Å². The maximum absolute atomic E-state index is 12.6. The van der Waals surface area contributed by atoms with Gasteiger partial charge in [-0.2, -0.15) is 0 Å². The number of carbonyl (C=O) groups excluding carboxylic acids is 1. The van der Waals surface area contributed by atoms with Crippen molar-refractivity contribution in [2.75, 3.05) is 44.0 Å². The van der Waals surface area contributed by atoms with Gasteiger partial charge in [0, 0.05) is 40.1 Å². The van der Waals surface area contributed by atoms with E-state index >= 15 is 0 Å². The normalized spacial score (nSPS) is 13.9. The molecule has 2 N–H and O–H groups in total. The number of benzene rings is 2. The number of fused-ring (bicyclic) bond motifs is 1. The largest absolute Gasteiger partial charge is 0.493 e. The highest BCUT2D eigenvalue weighted by molar-refractivity contribution is 7.99. The monoisotopic (exact) mass is 562 g/mol. The Balaban J connectivity index is 1.27. The number of amides is 2. The maximum atomic E-state index is 12.6. The van der Waals surface area contributed by atoms with E-state index < -0.39 is 6.03 Å². The molecule has 0 unspecified atom stereocenters. The Hall–Kier alpha value is -3.83. The van der Waals surface area contributed by atoms with E-state index in [2.05, 4.69) is 30.7 Å². The van der Waals surface area contributed by atoms with Crippen molar-refractivity contribution in [3.63, 3.8) is 0 Å².